The van der Waals surface area contributed by atoms with E-state index in [1.54, 1.807) is 0 Å². The summed E-state index contributed by atoms with van der Waals surface area (Å²) in [5, 5.41) is 8.38. The summed E-state index contributed by atoms with van der Waals surface area (Å²) in [6.45, 7) is 0.948. The van der Waals surface area contributed by atoms with Crippen LogP contribution in [0.3, 0.4) is 0 Å². The topological polar surface area (TPSA) is 76.8 Å². The van der Waals surface area contributed by atoms with Crippen molar-refractivity contribution in [1.82, 2.24) is 0 Å². The van der Waals surface area contributed by atoms with E-state index in [0.717, 1.165) is 22.5 Å². The van der Waals surface area contributed by atoms with Crippen LogP contribution in [0.4, 0.5) is 11.4 Å². The monoisotopic (exact) mass is 240 g/mol. The van der Waals surface area contributed by atoms with Gasteiger partial charge in [-0.05, 0) is 35.4 Å². The molecule has 0 aliphatic heterocycles. The third-order valence-corrected chi connectivity index (χ3v) is 2.55. The highest BCUT2D eigenvalue weighted by Crippen LogP contribution is 2.21. The van der Waals surface area contributed by atoms with Crippen LogP contribution >= 0.6 is 0 Å². The molecular formula is C14H16N4. The van der Waals surface area contributed by atoms with Gasteiger partial charge < -0.3 is 11.5 Å². The molecule has 2 rings (SSSR count). The van der Waals surface area contributed by atoms with Crippen LogP contribution in [0.25, 0.3) is 0 Å². The second kappa shape index (κ2) is 6.05. The van der Waals surface area contributed by atoms with Gasteiger partial charge in [0.15, 0.2) is 0 Å². The molecule has 0 saturated heterocycles. The highest BCUT2D eigenvalue weighted by molar-refractivity contribution is 5.45. The lowest BCUT2D eigenvalue weighted by atomic mass is 10.1. The summed E-state index contributed by atoms with van der Waals surface area (Å²) in [4.78, 5) is 0. The summed E-state index contributed by atoms with van der Waals surface area (Å²) < 4.78 is 0. The summed E-state index contributed by atoms with van der Waals surface area (Å²) in [6, 6.07) is 15.4. The van der Waals surface area contributed by atoms with Gasteiger partial charge in [0.2, 0.25) is 0 Å². The molecule has 0 spiro atoms. The molecule has 18 heavy (non-hydrogen) atoms. The fourth-order valence-corrected chi connectivity index (χ4v) is 1.65. The van der Waals surface area contributed by atoms with Crippen molar-refractivity contribution < 1.29 is 0 Å². The molecule has 4 N–H and O–H groups in total. The number of rotatable bonds is 4. The summed E-state index contributed by atoms with van der Waals surface area (Å²) in [6.07, 6.45) is 0. The Kier molecular flexibility index (Phi) is 4.17. The Morgan fingerprint density at radius 1 is 0.722 bits per heavy atom. The van der Waals surface area contributed by atoms with Gasteiger partial charge in [0, 0.05) is 13.1 Å². The van der Waals surface area contributed by atoms with Crippen molar-refractivity contribution in [3.63, 3.8) is 0 Å². The third kappa shape index (κ3) is 3.23. The van der Waals surface area contributed by atoms with Gasteiger partial charge in [0.1, 0.15) is 0 Å². The van der Waals surface area contributed by atoms with Gasteiger partial charge in [0.25, 0.3) is 0 Å². The molecule has 0 heterocycles. The molecule has 2 aromatic carbocycles. The molecule has 4 nitrogen and oxygen atoms in total. The van der Waals surface area contributed by atoms with Crippen LogP contribution in [-0.4, -0.2) is 0 Å². The average Bonchev–Trinajstić information content (AvgIpc) is 2.45. The lowest BCUT2D eigenvalue weighted by Gasteiger charge is -2.03. The van der Waals surface area contributed by atoms with E-state index in [-0.39, 0.29) is 0 Å². The maximum atomic E-state index is 5.64. The Bertz CT molecular complexity index is 512. The van der Waals surface area contributed by atoms with Crippen molar-refractivity contribution in [2.45, 2.75) is 13.1 Å². The van der Waals surface area contributed by atoms with Crippen molar-refractivity contribution >= 4 is 11.4 Å². The minimum absolute atomic E-state index is 0.474. The highest BCUT2D eigenvalue weighted by atomic mass is 15.1. The zero-order chi connectivity index (χ0) is 12.8. The standard InChI is InChI=1S/C14H16N4/c15-9-11-6-12(10-16)8-14(7-11)18-17-13-4-2-1-3-5-13/h1-8H,9-10,15-16H2. The molecule has 0 fully saturated rings. The quantitative estimate of drug-likeness (QED) is 0.806. The fraction of sp³-hybridized carbons (Fsp3) is 0.143. The minimum Gasteiger partial charge on any atom is -0.326 e. The SMILES string of the molecule is NCc1cc(CN)cc(N=Nc2ccccc2)c1. The Morgan fingerprint density at radius 3 is 1.83 bits per heavy atom. The summed E-state index contributed by atoms with van der Waals surface area (Å²) in [5.41, 5.74) is 14.9. The van der Waals surface area contributed by atoms with E-state index < -0.39 is 0 Å². The Labute approximate surface area is 106 Å². The van der Waals surface area contributed by atoms with E-state index in [0.29, 0.717) is 13.1 Å². The van der Waals surface area contributed by atoms with E-state index in [4.69, 9.17) is 11.5 Å². The van der Waals surface area contributed by atoms with Crippen LogP contribution in [0.1, 0.15) is 11.1 Å². The van der Waals surface area contributed by atoms with E-state index in [9.17, 15) is 0 Å². The first-order chi connectivity index (χ1) is 8.81. The molecule has 0 unspecified atom stereocenters. The Balaban J connectivity index is 2.25. The van der Waals surface area contributed by atoms with Crippen molar-refractivity contribution in [3.05, 3.63) is 59.7 Å². The predicted molar refractivity (Wildman–Crippen MR) is 72.8 cm³/mol. The average molecular weight is 240 g/mol. The van der Waals surface area contributed by atoms with E-state index >= 15 is 0 Å². The van der Waals surface area contributed by atoms with Crippen LogP contribution in [0.5, 0.6) is 0 Å². The number of nitrogens with two attached hydrogens (primary N) is 2. The number of nitrogens with zero attached hydrogens (tertiary/aromatic N) is 2. The second-order valence-electron chi connectivity index (χ2n) is 3.95. The Morgan fingerprint density at radius 2 is 1.28 bits per heavy atom. The number of hydrogen-bond acceptors (Lipinski definition) is 4. The van der Waals surface area contributed by atoms with Gasteiger partial charge in [-0.3, -0.25) is 0 Å². The van der Waals surface area contributed by atoms with Crippen LogP contribution in [0, 0.1) is 0 Å². The van der Waals surface area contributed by atoms with Gasteiger partial charge in [-0.1, -0.05) is 24.3 Å². The summed E-state index contributed by atoms with van der Waals surface area (Å²) in [7, 11) is 0. The molecule has 4 heteroatoms. The molecule has 0 saturated carbocycles. The van der Waals surface area contributed by atoms with Crippen molar-refractivity contribution in [2.24, 2.45) is 21.7 Å². The van der Waals surface area contributed by atoms with E-state index in [2.05, 4.69) is 10.2 Å². The molecular weight excluding hydrogens is 224 g/mol. The van der Waals surface area contributed by atoms with E-state index in [1.165, 1.54) is 0 Å². The Hall–Kier alpha value is -2.04. The zero-order valence-corrected chi connectivity index (χ0v) is 10.1. The maximum absolute atomic E-state index is 5.64. The van der Waals surface area contributed by atoms with Gasteiger partial charge in [-0.15, -0.1) is 0 Å². The smallest absolute Gasteiger partial charge is 0.0863 e. The lowest BCUT2D eigenvalue weighted by Crippen LogP contribution is -2.00. The van der Waals surface area contributed by atoms with Crippen LogP contribution in [0.2, 0.25) is 0 Å². The van der Waals surface area contributed by atoms with E-state index in [1.807, 2.05) is 48.5 Å². The minimum atomic E-state index is 0.474. The zero-order valence-electron chi connectivity index (χ0n) is 10.1. The number of hydrogen-bond donors (Lipinski definition) is 2. The number of benzene rings is 2. The van der Waals surface area contributed by atoms with Gasteiger partial charge in [0.05, 0.1) is 11.4 Å². The second-order valence-corrected chi connectivity index (χ2v) is 3.95. The highest BCUT2D eigenvalue weighted by Gasteiger charge is 1.98. The molecule has 0 aliphatic carbocycles. The molecule has 2 aromatic rings. The maximum Gasteiger partial charge on any atom is 0.0863 e. The van der Waals surface area contributed by atoms with Crippen LogP contribution < -0.4 is 11.5 Å². The first kappa shape index (κ1) is 12.4. The van der Waals surface area contributed by atoms with Gasteiger partial charge in [-0.25, -0.2) is 0 Å². The number of azo groups is 1. The molecule has 92 valence electrons. The molecule has 0 atom stereocenters. The molecule has 0 amide bonds. The van der Waals surface area contributed by atoms with Crippen LogP contribution in [0.15, 0.2) is 58.8 Å². The fourth-order valence-electron chi connectivity index (χ4n) is 1.65. The molecule has 0 aliphatic rings. The first-order valence-electron chi connectivity index (χ1n) is 5.81. The molecule has 0 radical (unpaired) electrons. The third-order valence-electron chi connectivity index (χ3n) is 2.55. The van der Waals surface area contributed by atoms with Crippen molar-refractivity contribution in [3.8, 4) is 0 Å². The van der Waals surface area contributed by atoms with Gasteiger partial charge in [-0.2, -0.15) is 10.2 Å². The normalized spacial score (nSPS) is 11.0. The predicted octanol–water partition coefficient (Wildman–Crippen LogP) is 3.02. The lowest BCUT2D eigenvalue weighted by molar-refractivity contribution is 1.02. The largest absolute Gasteiger partial charge is 0.326 e. The first-order valence-corrected chi connectivity index (χ1v) is 5.81. The van der Waals surface area contributed by atoms with Crippen molar-refractivity contribution in [1.29, 1.82) is 0 Å². The van der Waals surface area contributed by atoms with Crippen LogP contribution in [-0.2, 0) is 13.1 Å². The van der Waals surface area contributed by atoms with Gasteiger partial charge >= 0.3 is 0 Å². The molecule has 0 bridgehead atoms. The van der Waals surface area contributed by atoms with Crippen molar-refractivity contribution in [2.75, 3.05) is 0 Å². The summed E-state index contributed by atoms with van der Waals surface area (Å²) in [5.74, 6) is 0. The summed E-state index contributed by atoms with van der Waals surface area (Å²) >= 11 is 0. The molecule has 0 aromatic heterocycles.